The van der Waals surface area contributed by atoms with Gasteiger partial charge in [0.15, 0.2) is 9.84 Å². The Balaban J connectivity index is 1.37. The molecule has 5 aliphatic rings. The van der Waals surface area contributed by atoms with E-state index in [4.69, 9.17) is 0 Å². The van der Waals surface area contributed by atoms with Crippen LogP contribution in [0.4, 0.5) is 4.79 Å². The van der Waals surface area contributed by atoms with Crippen molar-refractivity contribution in [3.8, 4) is 0 Å². The number of carbonyl (C=O) groups is 5. The standard InChI is InChI=1S/C39H65N5O7S/c1-36(2,3)52(50,51)24-39(21-19-37(4,5)20-22-39)43-35(49)42-28-16-14-12-10-8-9-11-13-15-27(31(45)33(47)40-25-17-18-25)41-32(46)30-29-26(38(29,6)7)23-44(30)34(28)48/h25-30H,8-24H2,1-7H3,(H,40,47)(H,41,46)(H2,42,43,49)/t26-,27-,28-,29-,30-/m0/s1. The second-order valence-corrected chi connectivity index (χ2v) is 21.8. The van der Waals surface area contributed by atoms with Crippen LogP contribution in [0.25, 0.3) is 0 Å². The van der Waals surface area contributed by atoms with Crippen molar-refractivity contribution in [3.05, 3.63) is 0 Å². The first-order chi connectivity index (χ1) is 24.2. The highest BCUT2D eigenvalue weighted by molar-refractivity contribution is 7.92. The van der Waals surface area contributed by atoms with Crippen LogP contribution in [0.2, 0.25) is 0 Å². The number of piperidine rings is 1. The van der Waals surface area contributed by atoms with Gasteiger partial charge >= 0.3 is 6.03 Å². The quantitative estimate of drug-likeness (QED) is 0.277. The van der Waals surface area contributed by atoms with Crippen LogP contribution < -0.4 is 21.3 Å². The summed E-state index contributed by atoms with van der Waals surface area (Å²) in [7, 11) is -3.58. The number of amides is 5. The van der Waals surface area contributed by atoms with Crippen LogP contribution in [0.1, 0.15) is 145 Å². The molecular formula is C39H65N5O7S. The Bertz CT molecular complexity index is 1490. The molecule has 0 aromatic rings. The predicted octanol–water partition coefficient (Wildman–Crippen LogP) is 4.55. The van der Waals surface area contributed by atoms with E-state index >= 15 is 0 Å². The van der Waals surface area contributed by atoms with E-state index in [1.165, 1.54) is 0 Å². The highest BCUT2D eigenvalue weighted by atomic mass is 32.2. The van der Waals surface area contributed by atoms with Crippen molar-refractivity contribution in [2.45, 2.75) is 179 Å². The van der Waals surface area contributed by atoms with Crippen molar-refractivity contribution in [1.29, 1.82) is 0 Å². The lowest BCUT2D eigenvalue weighted by molar-refractivity contribution is -0.144. The molecule has 5 atom stereocenters. The van der Waals surface area contributed by atoms with Crippen molar-refractivity contribution < 1.29 is 32.4 Å². The van der Waals surface area contributed by atoms with Crippen LogP contribution in [-0.4, -0.2) is 89.6 Å². The Labute approximate surface area is 311 Å². The molecule has 5 amide bonds. The van der Waals surface area contributed by atoms with Gasteiger partial charge in [0.25, 0.3) is 5.91 Å². The first kappa shape index (κ1) is 40.5. The highest BCUT2D eigenvalue weighted by Crippen LogP contribution is 2.65. The predicted molar refractivity (Wildman–Crippen MR) is 200 cm³/mol. The first-order valence-electron chi connectivity index (χ1n) is 19.9. The summed E-state index contributed by atoms with van der Waals surface area (Å²) in [6.07, 6.45) is 11.0. The van der Waals surface area contributed by atoms with Crippen LogP contribution in [0.15, 0.2) is 0 Å². The van der Waals surface area contributed by atoms with Gasteiger partial charge in [-0.25, -0.2) is 13.2 Å². The molecule has 0 aromatic carbocycles. The fraction of sp³-hybridized carbons (Fsp3) is 0.872. The molecule has 0 aromatic heterocycles. The van der Waals surface area contributed by atoms with Crippen molar-refractivity contribution in [3.63, 3.8) is 0 Å². The van der Waals surface area contributed by atoms with Crippen molar-refractivity contribution >= 4 is 39.4 Å². The third-order valence-electron chi connectivity index (χ3n) is 13.0. The van der Waals surface area contributed by atoms with Crippen LogP contribution >= 0.6 is 0 Å². The molecule has 5 rings (SSSR count). The summed E-state index contributed by atoms with van der Waals surface area (Å²) in [6, 6.07) is -3.29. The zero-order valence-electron chi connectivity index (χ0n) is 32.7. The Kier molecular flexibility index (Phi) is 11.8. The maximum atomic E-state index is 14.5. The summed E-state index contributed by atoms with van der Waals surface area (Å²) in [5, 5.41) is 11.7. The van der Waals surface area contributed by atoms with E-state index < -0.39 is 61.9 Å². The summed E-state index contributed by atoms with van der Waals surface area (Å²) in [6.45, 7) is 13.9. The molecular weight excluding hydrogens is 683 g/mol. The van der Waals surface area contributed by atoms with Gasteiger partial charge in [-0.05, 0) is 94.8 Å². The number of nitrogens with one attached hydrogen (secondary N) is 4. The summed E-state index contributed by atoms with van der Waals surface area (Å²) >= 11 is 0. The molecule has 0 spiro atoms. The van der Waals surface area contributed by atoms with Gasteiger partial charge in [-0.3, -0.25) is 19.2 Å². The molecule has 2 heterocycles. The Morgan fingerprint density at radius 1 is 0.827 bits per heavy atom. The number of Topliss-reactive ketones (excluding diaryl/α,β-unsaturated/α-hetero) is 1. The van der Waals surface area contributed by atoms with Crippen LogP contribution in [-0.2, 0) is 29.0 Å². The SMILES string of the molecule is CC1(C)CCC(CS(=O)(=O)C(C)(C)C)(NC(=O)N[C@H]2CCCCCCCCC[C@@H](C(=O)C(=O)NC3CC3)NC(=O)[C@@H]3[C@@H]4[C@H](CN3C2=O)C4(C)C)CC1. The number of ketones is 1. The number of urea groups is 1. The van der Waals surface area contributed by atoms with Crippen molar-refractivity contribution in [2.24, 2.45) is 22.7 Å². The molecule has 13 heteroatoms. The van der Waals surface area contributed by atoms with Gasteiger partial charge in [-0.15, -0.1) is 0 Å². The highest BCUT2D eigenvalue weighted by Gasteiger charge is 2.69. The zero-order chi connectivity index (χ0) is 38.3. The summed E-state index contributed by atoms with van der Waals surface area (Å²) < 4.78 is 26.0. The van der Waals surface area contributed by atoms with Crippen LogP contribution in [0, 0.1) is 22.7 Å². The molecule has 12 nitrogen and oxygen atoms in total. The molecule has 2 aliphatic heterocycles. The maximum Gasteiger partial charge on any atom is 0.315 e. The molecule has 0 bridgehead atoms. The number of fused-ring (bicyclic) bond motifs is 3. The summed E-state index contributed by atoms with van der Waals surface area (Å²) in [5.74, 6) is -2.30. The number of hydrogen-bond acceptors (Lipinski definition) is 7. The summed E-state index contributed by atoms with van der Waals surface area (Å²) in [5.41, 5.74) is -1.12. The minimum atomic E-state index is -3.58. The fourth-order valence-corrected chi connectivity index (χ4v) is 10.3. The average Bonchev–Trinajstić information content (AvgIpc) is 3.89. The second kappa shape index (κ2) is 15.2. The second-order valence-electron chi connectivity index (χ2n) is 19.1. The van der Waals surface area contributed by atoms with Crippen LogP contribution in [0.3, 0.4) is 0 Å². The fourth-order valence-electron chi connectivity index (χ4n) is 8.75. The molecule has 294 valence electrons. The Morgan fingerprint density at radius 2 is 1.40 bits per heavy atom. The van der Waals surface area contributed by atoms with E-state index in [1.807, 2.05) is 0 Å². The largest absolute Gasteiger partial charge is 0.347 e. The van der Waals surface area contributed by atoms with Crippen LogP contribution in [0.5, 0.6) is 0 Å². The maximum absolute atomic E-state index is 14.5. The number of nitrogens with zero attached hydrogens (tertiary/aromatic N) is 1. The van der Waals surface area contributed by atoms with Gasteiger partial charge in [-0.2, -0.15) is 0 Å². The van der Waals surface area contributed by atoms with Gasteiger partial charge in [0, 0.05) is 12.6 Å². The molecule has 4 N–H and O–H groups in total. The topological polar surface area (TPSA) is 171 Å². The van der Waals surface area contributed by atoms with Crippen molar-refractivity contribution in [1.82, 2.24) is 26.2 Å². The van der Waals surface area contributed by atoms with Crippen molar-refractivity contribution in [2.75, 3.05) is 12.3 Å². The lowest BCUT2D eigenvalue weighted by Crippen LogP contribution is -2.62. The van der Waals surface area contributed by atoms with Gasteiger partial charge < -0.3 is 26.2 Å². The molecule has 0 radical (unpaired) electrons. The minimum absolute atomic E-state index is 0.0127. The molecule has 5 fully saturated rings. The number of rotatable bonds is 7. The lowest BCUT2D eigenvalue weighted by atomic mass is 9.70. The lowest BCUT2D eigenvalue weighted by Gasteiger charge is -2.45. The van der Waals surface area contributed by atoms with E-state index in [-0.39, 0.29) is 40.4 Å². The summed E-state index contributed by atoms with van der Waals surface area (Å²) in [4.78, 5) is 70.4. The third kappa shape index (κ3) is 9.32. The monoisotopic (exact) mass is 747 g/mol. The van der Waals surface area contributed by atoms with E-state index in [0.717, 1.165) is 57.8 Å². The van der Waals surface area contributed by atoms with Gasteiger partial charge in [0.05, 0.1) is 22.1 Å². The Morgan fingerprint density at radius 3 is 1.98 bits per heavy atom. The Hall–Kier alpha value is -2.70. The third-order valence-corrected chi connectivity index (χ3v) is 15.8. The van der Waals surface area contributed by atoms with Gasteiger partial charge in [-0.1, -0.05) is 72.6 Å². The molecule has 3 saturated carbocycles. The number of hydrogen-bond donors (Lipinski definition) is 4. The molecule has 2 saturated heterocycles. The van der Waals surface area contributed by atoms with E-state index in [2.05, 4.69) is 49.0 Å². The number of sulfone groups is 1. The number of carbonyl (C=O) groups excluding carboxylic acids is 5. The molecule has 0 unspecified atom stereocenters. The van der Waals surface area contributed by atoms with E-state index in [9.17, 15) is 32.4 Å². The van der Waals surface area contributed by atoms with Gasteiger partial charge in [0.1, 0.15) is 12.1 Å². The smallest absolute Gasteiger partial charge is 0.315 e. The first-order valence-corrected chi connectivity index (χ1v) is 21.6. The van der Waals surface area contributed by atoms with E-state index in [1.54, 1.807) is 25.7 Å². The average molecular weight is 748 g/mol. The van der Waals surface area contributed by atoms with Gasteiger partial charge in [0.2, 0.25) is 17.6 Å². The normalized spacial score (nSPS) is 31.0. The molecule has 52 heavy (non-hydrogen) atoms. The van der Waals surface area contributed by atoms with E-state index in [0.29, 0.717) is 45.1 Å². The minimum Gasteiger partial charge on any atom is -0.347 e. The zero-order valence-corrected chi connectivity index (χ0v) is 33.5. The molecule has 3 aliphatic carbocycles.